The molecule has 0 spiro atoms. The van der Waals surface area contributed by atoms with Gasteiger partial charge in [0.15, 0.2) is 5.78 Å². The molecule has 0 bridgehead atoms. The molecule has 0 amide bonds. The fraction of sp³-hybridized carbons (Fsp3) is 0.324. The average molecular weight is 559 g/mol. The summed E-state index contributed by atoms with van der Waals surface area (Å²) in [6, 6.07) is 19.6. The van der Waals surface area contributed by atoms with Gasteiger partial charge in [-0.15, -0.1) is 0 Å². The number of para-hydroxylation sites is 1. The SMILES string of the molecule is CCOC(=O)CCc1cc(C(=O)c2cccc(C(=O)OCC)c2)ccc1OCCCCC=Cc1ccccc1OC. The minimum atomic E-state index is -0.476. The summed E-state index contributed by atoms with van der Waals surface area (Å²) >= 11 is 0. The molecule has 41 heavy (non-hydrogen) atoms. The Morgan fingerprint density at radius 3 is 2.32 bits per heavy atom. The van der Waals surface area contributed by atoms with Crippen LogP contribution in [0.2, 0.25) is 0 Å². The maximum atomic E-state index is 13.3. The summed E-state index contributed by atoms with van der Waals surface area (Å²) in [5, 5.41) is 0. The second-order valence-electron chi connectivity index (χ2n) is 9.25. The molecule has 0 aromatic heterocycles. The third-order valence-electron chi connectivity index (χ3n) is 6.32. The van der Waals surface area contributed by atoms with Crippen LogP contribution >= 0.6 is 0 Å². The number of carbonyl (C=O) groups is 3. The largest absolute Gasteiger partial charge is 0.496 e. The summed E-state index contributed by atoms with van der Waals surface area (Å²) < 4.78 is 21.6. The number of methoxy groups -OCH3 is 1. The monoisotopic (exact) mass is 558 g/mol. The van der Waals surface area contributed by atoms with Gasteiger partial charge in [0.2, 0.25) is 0 Å². The van der Waals surface area contributed by atoms with Crippen LogP contribution in [0.15, 0.2) is 72.8 Å². The minimum Gasteiger partial charge on any atom is -0.496 e. The fourth-order valence-corrected chi connectivity index (χ4v) is 4.26. The standard InChI is InChI=1S/C34H38O7/c1-4-39-32(35)21-19-26-23-28(33(36)27-15-12-16-29(24-27)34(37)40-5-2)18-20-31(26)41-22-11-7-6-8-13-25-14-9-10-17-30(25)38-3/h8-10,12-18,20,23-24H,4-7,11,19,21-22H2,1-3H3. The highest BCUT2D eigenvalue weighted by atomic mass is 16.5. The molecule has 0 N–H and O–H groups in total. The van der Waals surface area contributed by atoms with Crippen molar-refractivity contribution in [3.8, 4) is 11.5 Å². The number of hydrogen-bond donors (Lipinski definition) is 0. The zero-order chi connectivity index (χ0) is 29.5. The first-order valence-electron chi connectivity index (χ1n) is 14.0. The van der Waals surface area contributed by atoms with Crippen LogP contribution in [-0.4, -0.2) is 44.7 Å². The van der Waals surface area contributed by atoms with E-state index in [9.17, 15) is 14.4 Å². The second-order valence-corrected chi connectivity index (χ2v) is 9.25. The number of esters is 2. The average Bonchev–Trinajstić information content (AvgIpc) is 3.00. The molecule has 0 saturated heterocycles. The molecule has 7 nitrogen and oxygen atoms in total. The summed E-state index contributed by atoms with van der Waals surface area (Å²) in [6.07, 6.45) is 7.42. The van der Waals surface area contributed by atoms with E-state index in [1.165, 1.54) is 6.07 Å². The van der Waals surface area contributed by atoms with Gasteiger partial charge in [-0.1, -0.05) is 42.5 Å². The zero-order valence-corrected chi connectivity index (χ0v) is 24.0. The maximum Gasteiger partial charge on any atom is 0.338 e. The first-order valence-corrected chi connectivity index (χ1v) is 14.0. The van der Waals surface area contributed by atoms with Crippen molar-refractivity contribution in [2.75, 3.05) is 26.9 Å². The summed E-state index contributed by atoms with van der Waals surface area (Å²) in [7, 11) is 1.66. The van der Waals surface area contributed by atoms with Gasteiger partial charge in [0, 0.05) is 23.1 Å². The number of hydrogen-bond acceptors (Lipinski definition) is 7. The molecule has 3 aromatic carbocycles. The van der Waals surface area contributed by atoms with Crippen molar-refractivity contribution in [3.05, 3.63) is 101 Å². The van der Waals surface area contributed by atoms with Crippen LogP contribution in [0.25, 0.3) is 6.08 Å². The molecule has 3 rings (SSSR count). The number of unbranched alkanes of at least 4 members (excludes halogenated alkanes) is 2. The van der Waals surface area contributed by atoms with Crippen LogP contribution in [0.3, 0.4) is 0 Å². The molecule has 3 aromatic rings. The van der Waals surface area contributed by atoms with Gasteiger partial charge in [0.05, 0.1) is 32.5 Å². The first kappa shape index (κ1) is 31.1. The summed E-state index contributed by atoms with van der Waals surface area (Å²) in [4.78, 5) is 37.5. The van der Waals surface area contributed by atoms with Crippen LogP contribution in [0.5, 0.6) is 11.5 Å². The summed E-state index contributed by atoms with van der Waals surface area (Å²) in [5.41, 5.74) is 2.93. The third-order valence-corrected chi connectivity index (χ3v) is 6.32. The van der Waals surface area contributed by atoms with Crippen LogP contribution < -0.4 is 9.47 Å². The van der Waals surface area contributed by atoms with Crippen molar-refractivity contribution in [2.24, 2.45) is 0 Å². The number of aryl methyl sites for hydroxylation is 1. The number of benzene rings is 3. The molecular formula is C34H38O7. The Kier molecular flexibility index (Phi) is 12.6. The lowest BCUT2D eigenvalue weighted by Gasteiger charge is -2.13. The van der Waals surface area contributed by atoms with Crippen LogP contribution in [-0.2, 0) is 20.7 Å². The number of ketones is 1. The summed E-state index contributed by atoms with van der Waals surface area (Å²) in [5.74, 6) is 0.462. The molecule has 0 aliphatic heterocycles. The normalized spacial score (nSPS) is 10.8. The number of allylic oxidation sites excluding steroid dienone is 1. The van der Waals surface area contributed by atoms with Gasteiger partial charge in [-0.3, -0.25) is 9.59 Å². The Bertz CT molecular complexity index is 1340. The minimum absolute atomic E-state index is 0.175. The quantitative estimate of drug-likeness (QED) is 0.108. The van der Waals surface area contributed by atoms with E-state index in [1.54, 1.807) is 57.4 Å². The Hall–Kier alpha value is -4.39. The molecule has 0 aliphatic rings. The van der Waals surface area contributed by atoms with E-state index >= 15 is 0 Å². The van der Waals surface area contributed by atoms with Crippen molar-refractivity contribution in [2.45, 2.75) is 46.0 Å². The van der Waals surface area contributed by atoms with Crippen molar-refractivity contribution >= 4 is 23.8 Å². The van der Waals surface area contributed by atoms with Crippen molar-refractivity contribution < 1.29 is 33.3 Å². The molecule has 7 heteroatoms. The maximum absolute atomic E-state index is 13.3. The molecule has 216 valence electrons. The summed E-state index contributed by atoms with van der Waals surface area (Å²) in [6.45, 7) is 4.56. The Morgan fingerprint density at radius 2 is 1.54 bits per heavy atom. The number of ether oxygens (including phenoxy) is 4. The lowest BCUT2D eigenvalue weighted by Crippen LogP contribution is -2.09. The van der Waals surface area contributed by atoms with Crippen LogP contribution in [0.1, 0.15) is 76.9 Å². The molecule has 0 radical (unpaired) electrons. The van der Waals surface area contributed by atoms with Crippen molar-refractivity contribution in [3.63, 3.8) is 0 Å². The van der Waals surface area contributed by atoms with E-state index in [0.717, 1.165) is 36.1 Å². The van der Waals surface area contributed by atoms with Gasteiger partial charge in [0.25, 0.3) is 0 Å². The van der Waals surface area contributed by atoms with E-state index < -0.39 is 5.97 Å². The van der Waals surface area contributed by atoms with Crippen LogP contribution in [0.4, 0.5) is 0 Å². The van der Waals surface area contributed by atoms with E-state index in [1.807, 2.05) is 24.3 Å². The van der Waals surface area contributed by atoms with Gasteiger partial charge in [-0.25, -0.2) is 4.79 Å². The van der Waals surface area contributed by atoms with E-state index in [-0.39, 0.29) is 24.8 Å². The highest BCUT2D eigenvalue weighted by Gasteiger charge is 2.16. The van der Waals surface area contributed by atoms with Gasteiger partial charge in [-0.05, 0) is 81.5 Å². The molecule has 0 saturated carbocycles. The Balaban J connectivity index is 1.65. The highest BCUT2D eigenvalue weighted by molar-refractivity contribution is 6.10. The highest BCUT2D eigenvalue weighted by Crippen LogP contribution is 2.25. The molecule has 0 aliphatic carbocycles. The van der Waals surface area contributed by atoms with Crippen LogP contribution in [0, 0.1) is 0 Å². The van der Waals surface area contributed by atoms with Crippen molar-refractivity contribution in [1.29, 1.82) is 0 Å². The third kappa shape index (κ3) is 9.64. The molecular weight excluding hydrogens is 520 g/mol. The lowest BCUT2D eigenvalue weighted by atomic mass is 9.98. The van der Waals surface area contributed by atoms with Gasteiger partial charge in [-0.2, -0.15) is 0 Å². The van der Waals surface area contributed by atoms with E-state index in [2.05, 4.69) is 12.2 Å². The fourth-order valence-electron chi connectivity index (χ4n) is 4.26. The second kappa shape index (κ2) is 16.7. The van der Waals surface area contributed by atoms with Crippen molar-refractivity contribution in [1.82, 2.24) is 0 Å². The van der Waals surface area contributed by atoms with E-state index in [4.69, 9.17) is 18.9 Å². The zero-order valence-electron chi connectivity index (χ0n) is 24.0. The predicted octanol–water partition coefficient (Wildman–Crippen LogP) is 6.86. The predicted molar refractivity (Wildman–Crippen MR) is 159 cm³/mol. The molecule has 0 atom stereocenters. The molecule has 0 unspecified atom stereocenters. The first-order chi connectivity index (χ1) is 20.0. The lowest BCUT2D eigenvalue weighted by molar-refractivity contribution is -0.143. The molecule has 0 heterocycles. The Labute approximate surface area is 242 Å². The smallest absolute Gasteiger partial charge is 0.338 e. The Morgan fingerprint density at radius 1 is 0.780 bits per heavy atom. The molecule has 0 fully saturated rings. The topological polar surface area (TPSA) is 88.1 Å². The van der Waals surface area contributed by atoms with Gasteiger partial charge < -0.3 is 18.9 Å². The number of rotatable bonds is 16. The van der Waals surface area contributed by atoms with Gasteiger partial charge in [0.1, 0.15) is 11.5 Å². The van der Waals surface area contributed by atoms with Gasteiger partial charge >= 0.3 is 11.9 Å². The van der Waals surface area contributed by atoms with E-state index in [0.29, 0.717) is 42.1 Å². The number of carbonyl (C=O) groups excluding carboxylic acids is 3.